The maximum Gasteiger partial charge on any atom is 0.508 e. The molecule has 0 bridgehead atoms. The summed E-state index contributed by atoms with van der Waals surface area (Å²) >= 11 is 6.05. The van der Waals surface area contributed by atoms with Gasteiger partial charge in [-0.3, -0.25) is 23.5 Å². The molecule has 2 unspecified atom stereocenters. The molecule has 0 radical (unpaired) electrons. The number of phosphoric ester groups is 1. The smallest absolute Gasteiger partial charge is 0.445 e. The molecule has 5 rings (SSSR count). The molecule has 7 atom stereocenters. The maximum atomic E-state index is 13.2. The van der Waals surface area contributed by atoms with Crippen molar-refractivity contribution < 1.29 is 56.9 Å². The van der Waals surface area contributed by atoms with Gasteiger partial charge in [0, 0.05) is 17.6 Å². The molecule has 42 heavy (non-hydrogen) atoms. The Balaban J connectivity index is 1.19. The van der Waals surface area contributed by atoms with Crippen molar-refractivity contribution in [3.8, 4) is 0 Å². The van der Waals surface area contributed by atoms with Gasteiger partial charge in [0.25, 0.3) is 0 Å². The Morgan fingerprint density at radius 1 is 1.31 bits per heavy atom. The Morgan fingerprint density at radius 2 is 2.12 bits per heavy atom. The number of halogens is 1. The van der Waals surface area contributed by atoms with Gasteiger partial charge in [0.2, 0.25) is 0 Å². The van der Waals surface area contributed by atoms with Gasteiger partial charge in [0.15, 0.2) is 12.3 Å². The lowest BCUT2D eigenvalue weighted by molar-refractivity contribution is -0.0989. The first-order valence-corrected chi connectivity index (χ1v) is 14.5. The van der Waals surface area contributed by atoms with Crippen LogP contribution in [-0.2, 0) is 37.1 Å². The quantitative estimate of drug-likeness (QED) is 0.283. The number of carbonyl (C=O) groups is 2. The van der Waals surface area contributed by atoms with Crippen molar-refractivity contribution in [2.24, 2.45) is 0 Å². The van der Waals surface area contributed by atoms with Gasteiger partial charge in [-0.15, -0.1) is 0 Å². The van der Waals surface area contributed by atoms with Gasteiger partial charge in [0.05, 0.1) is 19.3 Å². The monoisotopic (exact) mass is 631 g/mol. The van der Waals surface area contributed by atoms with Gasteiger partial charge in [0.1, 0.15) is 36.8 Å². The van der Waals surface area contributed by atoms with Crippen LogP contribution in [0.25, 0.3) is 0 Å². The molecule has 0 saturated carbocycles. The van der Waals surface area contributed by atoms with E-state index in [-0.39, 0.29) is 25.6 Å². The number of carbonyl (C=O) groups excluding carboxylic acids is 2. The van der Waals surface area contributed by atoms with Crippen LogP contribution in [0.2, 0.25) is 5.02 Å². The van der Waals surface area contributed by atoms with Crippen LogP contribution in [0.1, 0.15) is 31.2 Å². The van der Waals surface area contributed by atoms with E-state index in [0.29, 0.717) is 17.0 Å². The molecular weight excluding hydrogens is 605 g/mol. The number of aliphatic hydroxyl groups excluding tert-OH is 1. The van der Waals surface area contributed by atoms with Gasteiger partial charge >= 0.3 is 25.8 Å². The summed E-state index contributed by atoms with van der Waals surface area (Å²) in [5.41, 5.74) is -2.27. The fraction of sp³-hybridized carbons (Fsp3) is 0.500. The lowest BCUT2D eigenvalue weighted by Gasteiger charge is -2.30. The summed E-state index contributed by atoms with van der Waals surface area (Å²) in [7, 11) is -4.09. The number of hydrogen-bond acceptors (Lipinski definition) is 14. The Bertz CT molecular complexity index is 1440. The number of nitrogens with one attached hydrogen (secondary N) is 1. The molecular formula is C24H27ClN3O13P. The van der Waals surface area contributed by atoms with E-state index in [4.69, 9.17) is 39.4 Å². The van der Waals surface area contributed by atoms with Crippen LogP contribution in [0, 0.1) is 0 Å². The highest BCUT2D eigenvalue weighted by Gasteiger charge is 2.54. The average molecular weight is 632 g/mol. The third kappa shape index (κ3) is 6.76. The van der Waals surface area contributed by atoms with Crippen molar-refractivity contribution in [1.82, 2.24) is 9.55 Å². The highest BCUT2D eigenvalue weighted by molar-refractivity contribution is 7.48. The van der Waals surface area contributed by atoms with Crippen LogP contribution in [0.4, 0.5) is 15.4 Å². The van der Waals surface area contributed by atoms with Gasteiger partial charge in [-0.05, 0) is 30.7 Å². The topological polar surface area (TPSA) is 203 Å². The minimum Gasteiger partial charge on any atom is -0.445 e. The van der Waals surface area contributed by atoms with Crippen LogP contribution in [-0.4, -0.2) is 82.4 Å². The van der Waals surface area contributed by atoms with Gasteiger partial charge < -0.3 is 29.2 Å². The molecule has 3 fully saturated rings. The van der Waals surface area contributed by atoms with Gasteiger partial charge in [-0.2, -0.15) is 4.98 Å². The van der Waals surface area contributed by atoms with Crippen LogP contribution >= 0.6 is 19.4 Å². The minimum atomic E-state index is -4.09. The standard InChI is InChI=1S/C24H27ClN3O13P/c1-24(33)19(29)17(12-38-42(34)37-8-6-16(41-42)13-3-2-4-14(25)9-13)40-20(24)28-7-5-18(26-21(28)30)27-22(31)35-10-15-11-36-23(32)39-15/h2-5,7,9,15-17,19-20,29,33H,6,8,10-12H2,1H3,(H,26,27,30,31)/t15?,16-,17+,19+,20+,24+,42?/m0/s1. The predicted molar refractivity (Wildman–Crippen MR) is 140 cm³/mol. The number of ether oxygens (including phenoxy) is 4. The second-order valence-electron chi connectivity index (χ2n) is 9.74. The minimum absolute atomic E-state index is 0.0687. The largest absolute Gasteiger partial charge is 0.508 e. The van der Waals surface area contributed by atoms with Crippen molar-refractivity contribution in [2.45, 2.75) is 49.6 Å². The molecule has 2 aromatic rings. The zero-order valence-corrected chi connectivity index (χ0v) is 23.6. The molecule has 18 heteroatoms. The SMILES string of the molecule is C[C@@]1(O)[C@H](O)[C@@H](COP2(=O)OCC[C@@H](c3cccc(Cl)c3)O2)O[C@H]1n1ccc(NC(=O)OCC2COC(=O)O2)nc1=O. The number of nitrogens with zero attached hydrogens (tertiary/aromatic N) is 2. The summed E-state index contributed by atoms with van der Waals surface area (Å²) < 4.78 is 50.3. The molecule has 0 spiro atoms. The average Bonchev–Trinajstić information content (AvgIpc) is 3.46. The summed E-state index contributed by atoms with van der Waals surface area (Å²) in [6.07, 6.45) is -5.91. The summed E-state index contributed by atoms with van der Waals surface area (Å²) in [6, 6.07) is 8.08. The summed E-state index contributed by atoms with van der Waals surface area (Å²) in [6.45, 7) is 0.450. The third-order valence-corrected chi connectivity index (χ3v) is 8.33. The number of cyclic esters (lactones) is 2. The number of aliphatic hydroxyl groups is 2. The molecule has 3 N–H and O–H groups in total. The summed E-state index contributed by atoms with van der Waals surface area (Å²) in [4.78, 5) is 39.4. The first-order chi connectivity index (χ1) is 19.9. The van der Waals surface area contributed by atoms with E-state index in [9.17, 15) is 29.2 Å². The lowest BCUT2D eigenvalue weighted by atomic mass is 9.96. The number of hydrogen-bond donors (Lipinski definition) is 3. The van der Waals surface area contributed by atoms with Gasteiger partial charge in [-0.1, -0.05) is 23.7 Å². The second kappa shape index (κ2) is 12.3. The number of benzene rings is 1. The maximum absolute atomic E-state index is 13.2. The fourth-order valence-corrected chi connectivity index (χ4v) is 6.06. The van der Waals surface area contributed by atoms with E-state index in [1.54, 1.807) is 24.3 Å². The van der Waals surface area contributed by atoms with Crippen molar-refractivity contribution in [3.05, 3.63) is 57.6 Å². The van der Waals surface area contributed by atoms with Crippen molar-refractivity contribution in [3.63, 3.8) is 0 Å². The Hall–Kier alpha value is -3.08. The molecule has 0 aliphatic carbocycles. The van der Waals surface area contributed by atoms with Crippen molar-refractivity contribution in [2.75, 3.05) is 31.7 Å². The molecule has 3 saturated heterocycles. The molecule has 1 aromatic carbocycles. The van der Waals surface area contributed by atoms with Crippen LogP contribution in [0.3, 0.4) is 0 Å². The zero-order chi connectivity index (χ0) is 30.1. The number of rotatable bonds is 8. The van der Waals surface area contributed by atoms with E-state index in [1.807, 2.05) is 0 Å². The normalized spacial score (nSPS) is 32.7. The van der Waals surface area contributed by atoms with E-state index in [2.05, 4.69) is 15.0 Å². The Kier molecular flexibility index (Phi) is 8.87. The molecule has 3 aliphatic heterocycles. The first kappa shape index (κ1) is 30.4. The molecule has 1 amide bonds. The predicted octanol–water partition coefficient (Wildman–Crippen LogP) is 2.29. The molecule has 1 aromatic heterocycles. The Morgan fingerprint density at radius 3 is 2.83 bits per heavy atom. The van der Waals surface area contributed by atoms with E-state index in [1.165, 1.54) is 19.2 Å². The van der Waals surface area contributed by atoms with Gasteiger partial charge in [-0.25, -0.2) is 18.9 Å². The highest BCUT2D eigenvalue weighted by Crippen LogP contribution is 2.57. The summed E-state index contributed by atoms with van der Waals surface area (Å²) in [5.74, 6) is -0.182. The molecule has 16 nitrogen and oxygen atoms in total. The van der Waals surface area contributed by atoms with Crippen LogP contribution in [0.15, 0.2) is 41.3 Å². The van der Waals surface area contributed by atoms with E-state index < -0.39 is 68.6 Å². The molecule has 228 valence electrons. The van der Waals surface area contributed by atoms with Crippen molar-refractivity contribution >= 4 is 37.5 Å². The number of amides is 1. The zero-order valence-electron chi connectivity index (χ0n) is 22.0. The van der Waals surface area contributed by atoms with Crippen molar-refractivity contribution in [1.29, 1.82) is 0 Å². The number of phosphoric acid groups is 1. The second-order valence-corrected chi connectivity index (χ2v) is 11.8. The number of aromatic nitrogens is 2. The van der Waals surface area contributed by atoms with Crippen LogP contribution < -0.4 is 11.0 Å². The van der Waals surface area contributed by atoms with E-state index in [0.717, 1.165) is 4.57 Å². The molecule has 3 aliphatic rings. The summed E-state index contributed by atoms with van der Waals surface area (Å²) in [5, 5.41) is 24.5. The Labute approximate surface area is 243 Å². The van der Waals surface area contributed by atoms with Crippen LogP contribution in [0.5, 0.6) is 0 Å². The third-order valence-electron chi connectivity index (χ3n) is 6.62. The lowest BCUT2D eigenvalue weighted by Crippen LogP contribution is -2.46. The number of anilines is 1. The highest BCUT2D eigenvalue weighted by atomic mass is 35.5. The van der Waals surface area contributed by atoms with E-state index >= 15 is 0 Å². The fourth-order valence-electron chi connectivity index (χ4n) is 4.47. The molecule has 4 heterocycles. The first-order valence-electron chi connectivity index (χ1n) is 12.7.